The average Bonchev–Trinajstić information content (AvgIpc) is 3.19. The molecule has 0 aliphatic heterocycles. The summed E-state index contributed by atoms with van der Waals surface area (Å²) in [5.74, 6) is 1.23. The Kier molecular flexibility index (Phi) is 3.74. The lowest BCUT2D eigenvalue weighted by molar-refractivity contribution is 0.418. The highest BCUT2D eigenvalue weighted by Gasteiger charge is 2.11. The monoisotopic (exact) mass is 284 g/mol. The second-order valence-corrected chi connectivity index (χ2v) is 4.83. The maximum absolute atomic E-state index is 5.31. The van der Waals surface area contributed by atoms with E-state index in [4.69, 9.17) is 4.52 Å². The van der Waals surface area contributed by atoms with Crippen molar-refractivity contribution in [2.45, 2.75) is 19.4 Å². The summed E-state index contributed by atoms with van der Waals surface area (Å²) in [5.41, 5.74) is 1.87. The van der Waals surface area contributed by atoms with Gasteiger partial charge in [0.1, 0.15) is 12.7 Å². The van der Waals surface area contributed by atoms with Crippen molar-refractivity contribution in [3.05, 3.63) is 42.7 Å². The van der Waals surface area contributed by atoms with Crippen LogP contribution in [0, 0.1) is 0 Å². The van der Waals surface area contributed by atoms with Crippen LogP contribution in [0.2, 0.25) is 0 Å². The molecular formula is C14H16N6O. The summed E-state index contributed by atoms with van der Waals surface area (Å²) < 4.78 is 7.14. The molecule has 1 atom stereocenters. The van der Waals surface area contributed by atoms with Gasteiger partial charge in [0.15, 0.2) is 5.82 Å². The fourth-order valence-electron chi connectivity index (χ4n) is 1.94. The van der Waals surface area contributed by atoms with Crippen molar-refractivity contribution < 1.29 is 4.52 Å². The molecule has 0 saturated carbocycles. The Morgan fingerprint density at radius 3 is 2.57 bits per heavy atom. The van der Waals surface area contributed by atoms with Gasteiger partial charge in [-0.1, -0.05) is 5.16 Å². The number of likely N-dealkylation sites (N-methyl/N-ethyl adjacent to an activating group) is 1. The Bertz CT molecular complexity index is 689. The molecule has 21 heavy (non-hydrogen) atoms. The number of nitrogens with zero attached hydrogens (tertiary/aromatic N) is 5. The molecule has 1 N–H and O–H groups in total. The fraction of sp³-hybridized carbons (Fsp3) is 0.286. The van der Waals surface area contributed by atoms with Gasteiger partial charge in [-0.3, -0.25) is 4.57 Å². The van der Waals surface area contributed by atoms with Gasteiger partial charge < -0.3 is 9.84 Å². The molecule has 7 heteroatoms. The first-order chi connectivity index (χ1) is 10.3. The molecule has 0 bridgehead atoms. The molecule has 108 valence electrons. The molecular weight excluding hydrogens is 268 g/mol. The first-order valence-electron chi connectivity index (χ1n) is 6.71. The predicted molar refractivity (Wildman–Crippen MR) is 76.9 cm³/mol. The fourth-order valence-corrected chi connectivity index (χ4v) is 1.94. The SMILES string of the molecule is CNC(C)Cc1noc(-c2ccc(-n3cnnc3)cc2)n1. The van der Waals surface area contributed by atoms with E-state index < -0.39 is 0 Å². The molecule has 1 aromatic carbocycles. The van der Waals surface area contributed by atoms with Crippen LogP contribution in [0.3, 0.4) is 0 Å². The molecule has 0 aliphatic rings. The summed E-state index contributed by atoms with van der Waals surface area (Å²) in [4.78, 5) is 4.41. The number of nitrogens with one attached hydrogen (secondary N) is 1. The van der Waals surface area contributed by atoms with Crippen molar-refractivity contribution in [3.63, 3.8) is 0 Å². The summed E-state index contributed by atoms with van der Waals surface area (Å²) in [5, 5.41) is 14.7. The second-order valence-electron chi connectivity index (χ2n) is 4.83. The Morgan fingerprint density at radius 2 is 1.90 bits per heavy atom. The number of aromatic nitrogens is 5. The molecule has 0 radical (unpaired) electrons. The number of hydrogen-bond donors (Lipinski definition) is 1. The lowest BCUT2D eigenvalue weighted by Gasteiger charge is -2.04. The molecule has 2 heterocycles. The van der Waals surface area contributed by atoms with Crippen LogP contribution in [0.4, 0.5) is 0 Å². The van der Waals surface area contributed by atoms with E-state index in [-0.39, 0.29) is 0 Å². The Balaban J connectivity index is 1.78. The zero-order valence-electron chi connectivity index (χ0n) is 11.9. The van der Waals surface area contributed by atoms with Crippen molar-refractivity contribution in [2.75, 3.05) is 7.05 Å². The van der Waals surface area contributed by atoms with E-state index in [1.165, 1.54) is 0 Å². The highest BCUT2D eigenvalue weighted by atomic mass is 16.5. The van der Waals surface area contributed by atoms with Gasteiger partial charge in [-0.2, -0.15) is 4.98 Å². The molecule has 0 aliphatic carbocycles. The molecule has 3 aromatic rings. The highest BCUT2D eigenvalue weighted by molar-refractivity contribution is 5.55. The summed E-state index contributed by atoms with van der Waals surface area (Å²) in [6.07, 6.45) is 4.04. The van der Waals surface area contributed by atoms with Crippen LogP contribution in [0.25, 0.3) is 17.1 Å². The number of hydrogen-bond acceptors (Lipinski definition) is 6. The molecule has 0 saturated heterocycles. The lowest BCUT2D eigenvalue weighted by atomic mass is 10.2. The second kappa shape index (κ2) is 5.84. The molecule has 0 amide bonds. The van der Waals surface area contributed by atoms with E-state index in [2.05, 4.69) is 32.6 Å². The topological polar surface area (TPSA) is 81.7 Å². The van der Waals surface area contributed by atoms with Gasteiger partial charge in [-0.15, -0.1) is 10.2 Å². The molecule has 7 nitrogen and oxygen atoms in total. The first-order valence-corrected chi connectivity index (χ1v) is 6.71. The predicted octanol–water partition coefficient (Wildman–Crippen LogP) is 1.47. The Hall–Kier alpha value is -2.54. The Morgan fingerprint density at radius 1 is 1.19 bits per heavy atom. The van der Waals surface area contributed by atoms with E-state index >= 15 is 0 Å². The third kappa shape index (κ3) is 2.97. The van der Waals surface area contributed by atoms with Gasteiger partial charge in [0.25, 0.3) is 5.89 Å². The van der Waals surface area contributed by atoms with E-state index in [0.717, 1.165) is 17.7 Å². The van der Waals surface area contributed by atoms with Crippen LogP contribution in [0.1, 0.15) is 12.7 Å². The summed E-state index contributed by atoms with van der Waals surface area (Å²) >= 11 is 0. The van der Waals surface area contributed by atoms with Crippen LogP contribution in [0.15, 0.2) is 41.4 Å². The van der Waals surface area contributed by atoms with Gasteiger partial charge in [0.2, 0.25) is 0 Å². The van der Waals surface area contributed by atoms with Gasteiger partial charge in [0, 0.05) is 23.7 Å². The van der Waals surface area contributed by atoms with Crippen LogP contribution in [-0.2, 0) is 6.42 Å². The number of benzene rings is 1. The zero-order valence-corrected chi connectivity index (χ0v) is 11.9. The molecule has 1 unspecified atom stereocenters. The highest BCUT2D eigenvalue weighted by Crippen LogP contribution is 2.19. The largest absolute Gasteiger partial charge is 0.334 e. The summed E-state index contributed by atoms with van der Waals surface area (Å²) in [6.45, 7) is 2.07. The average molecular weight is 284 g/mol. The minimum Gasteiger partial charge on any atom is -0.334 e. The summed E-state index contributed by atoms with van der Waals surface area (Å²) in [6, 6.07) is 8.10. The molecule has 3 rings (SSSR count). The van der Waals surface area contributed by atoms with Crippen molar-refractivity contribution in [1.29, 1.82) is 0 Å². The summed E-state index contributed by atoms with van der Waals surface area (Å²) in [7, 11) is 1.91. The minimum absolute atomic E-state index is 0.312. The zero-order chi connectivity index (χ0) is 14.7. The van der Waals surface area contributed by atoms with Crippen LogP contribution >= 0.6 is 0 Å². The first kappa shape index (κ1) is 13.4. The quantitative estimate of drug-likeness (QED) is 0.764. The molecule has 2 aromatic heterocycles. The van der Waals surface area contributed by atoms with E-state index in [9.17, 15) is 0 Å². The van der Waals surface area contributed by atoms with Gasteiger partial charge in [0.05, 0.1) is 0 Å². The van der Waals surface area contributed by atoms with Crippen molar-refractivity contribution >= 4 is 0 Å². The normalized spacial score (nSPS) is 12.5. The van der Waals surface area contributed by atoms with E-state index in [1.807, 2.05) is 35.9 Å². The maximum atomic E-state index is 5.31. The van der Waals surface area contributed by atoms with Crippen molar-refractivity contribution in [2.24, 2.45) is 0 Å². The third-order valence-electron chi connectivity index (χ3n) is 3.28. The van der Waals surface area contributed by atoms with Crippen LogP contribution < -0.4 is 5.32 Å². The molecule has 0 fully saturated rings. The number of rotatable bonds is 5. The van der Waals surface area contributed by atoms with E-state index in [1.54, 1.807) is 12.7 Å². The van der Waals surface area contributed by atoms with Crippen molar-refractivity contribution in [1.82, 2.24) is 30.2 Å². The van der Waals surface area contributed by atoms with Crippen molar-refractivity contribution in [3.8, 4) is 17.1 Å². The lowest BCUT2D eigenvalue weighted by Crippen LogP contribution is -2.24. The van der Waals surface area contributed by atoms with Crippen LogP contribution in [-0.4, -0.2) is 38.0 Å². The van der Waals surface area contributed by atoms with Crippen LogP contribution in [0.5, 0.6) is 0 Å². The van der Waals surface area contributed by atoms with Gasteiger partial charge in [-0.05, 0) is 38.2 Å². The smallest absolute Gasteiger partial charge is 0.257 e. The standard InChI is InChI=1S/C14H16N6O/c1-10(15-2)7-13-18-14(21-19-13)11-3-5-12(6-4-11)20-8-16-17-9-20/h3-6,8-10,15H,7H2,1-2H3. The Labute approximate surface area is 122 Å². The maximum Gasteiger partial charge on any atom is 0.257 e. The van der Waals surface area contributed by atoms with E-state index in [0.29, 0.717) is 17.8 Å². The van der Waals surface area contributed by atoms with Gasteiger partial charge >= 0.3 is 0 Å². The molecule has 0 spiro atoms. The minimum atomic E-state index is 0.312. The third-order valence-corrected chi connectivity index (χ3v) is 3.28. The van der Waals surface area contributed by atoms with Gasteiger partial charge in [-0.25, -0.2) is 0 Å².